The van der Waals surface area contributed by atoms with Gasteiger partial charge < -0.3 is 10.0 Å². The quantitative estimate of drug-likeness (QED) is 0.798. The van der Waals surface area contributed by atoms with E-state index in [1.165, 1.54) is 6.07 Å². The largest absolute Gasteiger partial charge is 0.419 e. The minimum atomic E-state index is -4.75. The van der Waals surface area contributed by atoms with Crippen molar-refractivity contribution in [2.24, 2.45) is 0 Å². The molecule has 0 aromatic heterocycles. The van der Waals surface area contributed by atoms with Crippen molar-refractivity contribution >= 4 is 0 Å². The molecule has 0 atom stereocenters. The number of nitrogens with zero attached hydrogens (tertiary/aromatic N) is 1. The molecule has 106 valence electrons. The lowest BCUT2D eigenvalue weighted by molar-refractivity contribution is -0.140. The number of likely N-dealkylation sites (tertiary alicyclic amines) is 1. The van der Waals surface area contributed by atoms with Gasteiger partial charge in [-0.15, -0.1) is 0 Å². The summed E-state index contributed by atoms with van der Waals surface area (Å²) in [7, 11) is 1.85. The van der Waals surface area contributed by atoms with Crippen molar-refractivity contribution in [2.75, 3.05) is 20.1 Å². The minimum Gasteiger partial charge on any atom is -0.385 e. The number of rotatable bonds is 1. The Morgan fingerprint density at radius 1 is 1.21 bits per heavy atom. The van der Waals surface area contributed by atoms with E-state index < -0.39 is 23.2 Å². The number of aliphatic hydroxyl groups is 1. The number of halogens is 4. The van der Waals surface area contributed by atoms with Crippen LogP contribution in [0.4, 0.5) is 17.6 Å². The van der Waals surface area contributed by atoms with E-state index in [9.17, 15) is 22.7 Å². The van der Waals surface area contributed by atoms with Crippen molar-refractivity contribution in [1.29, 1.82) is 0 Å². The van der Waals surface area contributed by atoms with Crippen LogP contribution in [0.5, 0.6) is 0 Å². The first kappa shape index (κ1) is 14.3. The predicted octanol–water partition coefficient (Wildman–Crippen LogP) is 2.76. The van der Waals surface area contributed by atoms with Crippen LogP contribution in [0.15, 0.2) is 18.2 Å². The second-order valence-corrected chi connectivity index (χ2v) is 5.00. The van der Waals surface area contributed by atoms with E-state index in [0.29, 0.717) is 19.2 Å². The highest BCUT2D eigenvalue weighted by atomic mass is 19.4. The maximum Gasteiger partial charge on any atom is 0.419 e. The van der Waals surface area contributed by atoms with Crippen LogP contribution in [-0.2, 0) is 11.8 Å². The summed E-state index contributed by atoms with van der Waals surface area (Å²) in [5.74, 6) is -1.36. The van der Waals surface area contributed by atoms with Gasteiger partial charge in [-0.1, -0.05) is 12.1 Å². The van der Waals surface area contributed by atoms with E-state index in [2.05, 4.69) is 0 Å². The zero-order chi connectivity index (χ0) is 14.3. The molecule has 1 aliphatic rings. The average molecular weight is 277 g/mol. The molecule has 0 aliphatic carbocycles. The summed E-state index contributed by atoms with van der Waals surface area (Å²) in [5, 5.41) is 10.4. The third-order valence-electron chi connectivity index (χ3n) is 3.62. The van der Waals surface area contributed by atoms with E-state index in [1.54, 1.807) is 0 Å². The van der Waals surface area contributed by atoms with Crippen LogP contribution in [0.25, 0.3) is 0 Å². The van der Waals surface area contributed by atoms with Crippen LogP contribution in [-0.4, -0.2) is 30.1 Å². The Morgan fingerprint density at radius 3 is 2.32 bits per heavy atom. The summed E-state index contributed by atoms with van der Waals surface area (Å²) < 4.78 is 52.0. The second kappa shape index (κ2) is 4.76. The van der Waals surface area contributed by atoms with Gasteiger partial charge in [0, 0.05) is 18.7 Å². The molecule has 0 amide bonds. The lowest BCUT2D eigenvalue weighted by Gasteiger charge is -2.37. The van der Waals surface area contributed by atoms with Crippen LogP contribution < -0.4 is 0 Å². The van der Waals surface area contributed by atoms with Gasteiger partial charge in [-0.25, -0.2) is 4.39 Å². The summed E-state index contributed by atoms with van der Waals surface area (Å²) in [6.07, 6.45) is -4.30. The molecule has 1 aliphatic heterocycles. The molecular weight excluding hydrogens is 262 g/mol. The molecule has 1 aromatic rings. The molecule has 0 radical (unpaired) electrons. The Labute approximate surface area is 108 Å². The fraction of sp³-hybridized carbons (Fsp3) is 0.538. The summed E-state index contributed by atoms with van der Waals surface area (Å²) in [6.45, 7) is 1.04. The Kier molecular flexibility index (Phi) is 3.57. The Morgan fingerprint density at radius 2 is 1.79 bits per heavy atom. The van der Waals surface area contributed by atoms with Crippen molar-refractivity contribution in [1.82, 2.24) is 4.90 Å². The minimum absolute atomic E-state index is 0.224. The molecule has 19 heavy (non-hydrogen) atoms. The monoisotopic (exact) mass is 277 g/mol. The third kappa shape index (κ3) is 2.74. The van der Waals surface area contributed by atoms with E-state index >= 15 is 0 Å². The highest BCUT2D eigenvalue weighted by Crippen LogP contribution is 2.39. The van der Waals surface area contributed by atoms with Crippen LogP contribution in [0.3, 0.4) is 0 Å². The molecule has 0 bridgehead atoms. The van der Waals surface area contributed by atoms with Gasteiger partial charge in [-0.05, 0) is 26.0 Å². The van der Waals surface area contributed by atoms with Crippen LogP contribution in [0.1, 0.15) is 24.0 Å². The van der Waals surface area contributed by atoms with Gasteiger partial charge in [-0.3, -0.25) is 0 Å². The Hall–Kier alpha value is -1.14. The van der Waals surface area contributed by atoms with Gasteiger partial charge in [0.05, 0.1) is 11.2 Å². The standard InChI is InChI=1S/C13H15F4NO/c1-18-7-5-12(19,6-8-18)9-3-2-4-10(11(9)14)13(15,16)17/h2-4,19H,5-8H2,1H3. The molecule has 6 heteroatoms. The molecule has 1 heterocycles. The van der Waals surface area contributed by atoms with Gasteiger partial charge >= 0.3 is 6.18 Å². The molecule has 0 spiro atoms. The van der Waals surface area contributed by atoms with Gasteiger partial charge in [0.15, 0.2) is 0 Å². The fourth-order valence-corrected chi connectivity index (χ4v) is 2.37. The lowest BCUT2D eigenvalue weighted by Crippen LogP contribution is -2.41. The van der Waals surface area contributed by atoms with E-state index in [-0.39, 0.29) is 18.4 Å². The zero-order valence-electron chi connectivity index (χ0n) is 10.5. The number of hydrogen-bond acceptors (Lipinski definition) is 2. The third-order valence-corrected chi connectivity index (χ3v) is 3.62. The van der Waals surface area contributed by atoms with E-state index in [0.717, 1.165) is 6.07 Å². The molecule has 0 unspecified atom stereocenters. The van der Waals surface area contributed by atoms with Gasteiger partial charge in [0.25, 0.3) is 0 Å². The van der Waals surface area contributed by atoms with Crippen molar-refractivity contribution in [2.45, 2.75) is 24.6 Å². The second-order valence-electron chi connectivity index (χ2n) is 5.00. The maximum atomic E-state index is 14.0. The van der Waals surface area contributed by atoms with Gasteiger partial charge in [0.2, 0.25) is 0 Å². The molecule has 2 nitrogen and oxygen atoms in total. The highest BCUT2D eigenvalue weighted by Gasteiger charge is 2.40. The van der Waals surface area contributed by atoms with E-state index in [4.69, 9.17) is 0 Å². The molecule has 0 saturated carbocycles. The molecule has 2 rings (SSSR count). The van der Waals surface area contributed by atoms with Crippen molar-refractivity contribution in [3.8, 4) is 0 Å². The average Bonchev–Trinajstić information content (AvgIpc) is 2.32. The Bertz CT molecular complexity index is 464. The highest BCUT2D eigenvalue weighted by molar-refractivity contribution is 5.32. The molecule has 1 aromatic carbocycles. The van der Waals surface area contributed by atoms with E-state index in [1.807, 2.05) is 11.9 Å². The first-order chi connectivity index (χ1) is 8.74. The number of alkyl halides is 3. The summed E-state index contributed by atoms with van der Waals surface area (Å²) in [5.41, 5.74) is -3.09. The van der Waals surface area contributed by atoms with Crippen molar-refractivity contribution < 1.29 is 22.7 Å². The summed E-state index contributed by atoms with van der Waals surface area (Å²) in [4.78, 5) is 1.94. The van der Waals surface area contributed by atoms with Crippen molar-refractivity contribution in [3.05, 3.63) is 35.1 Å². The van der Waals surface area contributed by atoms with Crippen LogP contribution in [0.2, 0.25) is 0 Å². The molecule has 1 fully saturated rings. The predicted molar refractivity (Wildman–Crippen MR) is 62.0 cm³/mol. The number of piperidine rings is 1. The SMILES string of the molecule is CN1CCC(O)(c2cccc(C(F)(F)F)c2F)CC1. The molecule has 1 saturated heterocycles. The fourth-order valence-electron chi connectivity index (χ4n) is 2.37. The summed E-state index contributed by atoms with van der Waals surface area (Å²) >= 11 is 0. The topological polar surface area (TPSA) is 23.5 Å². The van der Waals surface area contributed by atoms with Crippen molar-refractivity contribution in [3.63, 3.8) is 0 Å². The normalized spacial score (nSPS) is 20.5. The first-order valence-corrected chi connectivity index (χ1v) is 6.01. The molecular formula is C13H15F4NO. The van der Waals surface area contributed by atoms with Gasteiger partial charge in [-0.2, -0.15) is 13.2 Å². The first-order valence-electron chi connectivity index (χ1n) is 6.01. The lowest BCUT2D eigenvalue weighted by atomic mass is 9.83. The summed E-state index contributed by atoms with van der Waals surface area (Å²) in [6, 6.07) is 3.06. The maximum absolute atomic E-state index is 14.0. The Balaban J connectivity index is 2.41. The molecule has 1 N–H and O–H groups in total. The number of benzene rings is 1. The van der Waals surface area contributed by atoms with Crippen LogP contribution in [0, 0.1) is 5.82 Å². The van der Waals surface area contributed by atoms with Gasteiger partial charge in [0.1, 0.15) is 5.82 Å². The smallest absolute Gasteiger partial charge is 0.385 e. The van der Waals surface area contributed by atoms with Crippen LogP contribution >= 0.6 is 0 Å². The zero-order valence-corrected chi connectivity index (χ0v) is 10.5. The number of hydrogen-bond donors (Lipinski definition) is 1.